The van der Waals surface area contributed by atoms with E-state index in [1.165, 1.54) is 18.4 Å². The van der Waals surface area contributed by atoms with Crippen LogP contribution in [0.5, 0.6) is 0 Å². The van der Waals surface area contributed by atoms with Gasteiger partial charge in [-0.3, -0.25) is 4.79 Å². The number of amides is 1. The zero-order valence-corrected chi connectivity index (χ0v) is 13.7. The molecule has 0 aromatic heterocycles. The molecule has 2 rings (SSSR count). The van der Waals surface area contributed by atoms with Crippen LogP contribution < -0.4 is 5.32 Å². The predicted octanol–water partition coefficient (Wildman–Crippen LogP) is 2.98. The van der Waals surface area contributed by atoms with Gasteiger partial charge in [0.25, 0.3) is 0 Å². The zero-order chi connectivity index (χ0) is 14.4. The van der Waals surface area contributed by atoms with E-state index in [0.717, 1.165) is 30.4 Å². The summed E-state index contributed by atoms with van der Waals surface area (Å²) < 4.78 is 1.09. The van der Waals surface area contributed by atoms with Crippen LogP contribution in [0.1, 0.15) is 31.2 Å². The number of nitrogens with zero attached hydrogens (tertiary/aromatic N) is 1. The fourth-order valence-electron chi connectivity index (χ4n) is 2.54. The lowest BCUT2D eigenvalue weighted by molar-refractivity contribution is -0.130. The zero-order valence-electron chi connectivity index (χ0n) is 12.1. The molecule has 1 atom stereocenters. The second-order valence-electron chi connectivity index (χ2n) is 5.54. The molecule has 0 aliphatic carbocycles. The molecule has 4 heteroatoms. The summed E-state index contributed by atoms with van der Waals surface area (Å²) >= 11 is 3.43. The van der Waals surface area contributed by atoms with Gasteiger partial charge in [-0.2, -0.15) is 0 Å². The first-order valence-electron chi connectivity index (χ1n) is 7.37. The van der Waals surface area contributed by atoms with Gasteiger partial charge >= 0.3 is 0 Å². The van der Waals surface area contributed by atoms with Crippen molar-refractivity contribution in [1.29, 1.82) is 0 Å². The molecule has 1 unspecified atom stereocenters. The van der Waals surface area contributed by atoms with E-state index in [9.17, 15) is 4.79 Å². The van der Waals surface area contributed by atoms with Crippen LogP contribution in [-0.2, 0) is 11.2 Å². The normalized spacial score (nSPS) is 18.8. The smallest absolute Gasteiger partial charge is 0.223 e. The Bertz CT molecular complexity index is 427. The number of carbonyl (C=O) groups excluding carboxylic acids is 1. The van der Waals surface area contributed by atoms with Crippen molar-refractivity contribution in [3.8, 4) is 0 Å². The molecular weight excluding hydrogens is 316 g/mol. The van der Waals surface area contributed by atoms with E-state index in [-0.39, 0.29) is 5.91 Å². The fourth-order valence-corrected chi connectivity index (χ4v) is 2.80. The van der Waals surface area contributed by atoms with Gasteiger partial charge in [0, 0.05) is 30.5 Å². The summed E-state index contributed by atoms with van der Waals surface area (Å²) in [6.07, 6.45) is 5.16. The summed E-state index contributed by atoms with van der Waals surface area (Å²) in [7, 11) is 1.91. The molecular formula is C16H23BrN2O. The summed E-state index contributed by atoms with van der Waals surface area (Å²) in [6, 6.07) is 8.67. The number of halogens is 1. The van der Waals surface area contributed by atoms with Crippen molar-refractivity contribution in [1.82, 2.24) is 10.2 Å². The average Bonchev–Trinajstić information content (AvgIpc) is 2.47. The third kappa shape index (κ3) is 4.91. The SMILES string of the molecule is CN(CCc1ccc(Br)cc1)C(=O)CC1CCCCN1. The second-order valence-corrected chi connectivity index (χ2v) is 6.46. The standard InChI is InChI=1S/C16H23BrN2O/c1-19(11-9-13-5-7-14(17)8-6-13)16(20)12-15-4-2-3-10-18-15/h5-8,15,18H,2-4,9-12H2,1H3. The number of hydrogen-bond donors (Lipinski definition) is 1. The van der Waals surface area contributed by atoms with Gasteiger partial charge in [-0.15, -0.1) is 0 Å². The van der Waals surface area contributed by atoms with Crippen LogP contribution in [0.2, 0.25) is 0 Å². The Hall–Kier alpha value is -0.870. The highest BCUT2D eigenvalue weighted by molar-refractivity contribution is 9.10. The number of nitrogens with one attached hydrogen (secondary N) is 1. The highest BCUT2D eigenvalue weighted by Gasteiger charge is 2.18. The Labute approximate surface area is 129 Å². The van der Waals surface area contributed by atoms with Gasteiger partial charge in [0.05, 0.1) is 0 Å². The van der Waals surface area contributed by atoms with Crippen molar-refractivity contribution in [2.75, 3.05) is 20.1 Å². The molecule has 1 saturated heterocycles. The first-order valence-corrected chi connectivity index (χ1v) is 8.16. The number of likely N-dealkylation sites (N-methyl/N-ethyl adjacent to an activating group) is 1. The van der Waals surface area contributed by atoms with Gasteiger partial charge in [-0.05, 0) is 43.5 Å². The van der Waals surface area contributed by atoms with Crippen LogP contribution in [0.25, 0.3) is 0 Å². The molecule has 20 heavy (non-hydrogen) atoms. The van der Waals surface area contributed by atoms with Gasteiger partial charge in [-0.25, -0.2) is 0 Å². The highest BCUT2D eigenvalue weighted by Crippen LogP contribution is 2.13. The molecule has 3 nitrogen and oxygen atoms in total. The summed E-state index contributed by atoms with van der Waals surface area (Å²) in [5.41, 5.74) is 1.27. The third-order valence-electron chi connectivity index (χ3n) is 3.91. The number of hydrogen-bond acceptors (Lipinski definition) is 2. The molecule has 1 aromatic rings. The fraction of sp³-hybridized carbons (Fsp3) is 0.562. The summed E-state index contributed by atoms with van der Waals surface area (Å²) in [5.74, 6) is 0.251. The molecule has 110 valence electrons. The minimum Gasteiger partial charge on any atom is -0.345 e. The molecule has 1 aliphatic rings. The molecule has 1 aliphatic heterocycles. The Balaban J connectivity index is 1.74. The molecule has 0 radical (unpaired) electrons. The van der Waals surface area contributed by atoms with E-state index < -0.39 is 0 Å². The third-order valence-corrected chi connectivity index (χ3v) is 4.44. The molecule has 0 saturated carbocycles. The summed E-state index contributed by atoms with van der Waals surface area (Å²) in [6.45, 7) is 1.84. The van der Waals surface area contributed by atoms with Crippen molar-refractivity contribution in [2.24, 2.45) is 0 Å². The molecule has 1 heterocycles. The van der Waals surface area contributed by atoms with Gasteiger partial charge in [0.15, 0.2) is 0 Å². The topological polar surface area (TPSA) is 32.3 Å². The van der Waals surface area contributed by atoms with Crippen LogP contribution >= 0.6 is 15.9 Å². The maximum absolute atomic E-state index is 12.2. The molecule has 1 aromatic carbocycles. The van der Waals surface area contributed by atoms with E-state index in [4.69, 9.17) is 0 Å². The van der Waals surface area contributed by atoms with E-state index in [1.54, 1.807) is 0 Å². The first kappa shape index (κ1) is 15.5. The van der Waals surface area contributed by atoms with Crippen LogP contribution in [0.4, 0.5) is 0 Å². The molecule has 1 N–H and O–H groups in total. The lowest BCUT2D eigenvalue weighted by Gasteiger charge is -2.25. The Morgan fingerprint density at radius 2 is 2.10 bits per heavy atom. The summed E-state index contributed by atoms with van der Waals surface area (Å²) in [4.78, 5) is 14.0. The maximum Gasteiger partial charge on any atom is 0.223 e. The number of rotatable bonds is 5. The molecule has 0 bridgehead atoms. The summed E-state index contributed by atoms with van der Waals surface area (Å²) in [5, 5.41) is 3.43. The van der Waals surface area contributed by atoms with E-state index in [2.05, 4.69) is 33.4 Å². The van der Waals surface area contributed by atoms with Crippen LogP contribution in [-0.4, -0.2) is 37.0 Å². The average molecular weight is 339 g/mol. The lowest BCUT2D eigenvalue weighted by atomic mass is 10.0. The quantitative estimate of drug-likeness (QED) is 0.895. The number of carbonyl (C=O) groups is 1. The van der Waals surface area contributed by atoms with E-state index >= 15 is 0 Å². The van der Waals surface area contributed by atoms with E-state index in [0.29, 0.717) is 12.5 Å². The molecule has 1 amide bonds. The minimum absolute atomic E-state index is 0.251. The van der Waals surface area contributed by atoms with Gasteiger partial charge < -0.3 is 10.2 Å². The lowest BCUT2D eigenvalue weighted by Crippen LogP contribution is -2.39. The minimum atomic E-state index is 0.251. The maximum atomic E-state index is 12.2. The van der Waals surface area contributed by atoms with Crippen molar-refractivity contribution in [2.45, 2.75) is 38.1 Å². The largest absolute Gasteiger partial charge is 0.345 e. The van der Waals surface area contributed by atoms with Crippen molar-refractivity contribution in [3.05, 3.63) is 34.3 Å². The second kappa shape index (κ2) is 7.79. The monoisotopic (exact) mass is 338 g/mol. The number of benzene rings is 1. The van der Waals surface area contributed by atoms with Crippen molar-refractivity contribution in [3.63, 3.8) is 0 Å². The van der Waals surface area contributed by atoms with Gasteiger partial charge in [0.2, 0.25) is 5.91 Å². The van der Waals surface area contributed by atoms with Gasteiger partial charge in [-0.1, -0.05) is 34.5 Å². The van der Waals surface area contributed by atoms with Crippen molar-refractivity contribution < 1.29 is 4.79 Å². The van der Waals surface area contributed by atoms with Crippen LogP contribution in [0.3, 0.4) is 0 Å². The Kier molecular flexibility index (Phi) is 6.05. The Morgan fingerprint density at radius 3 is 2.75 bits per heavy atom. The van der Waals surface area contributed by atoms with E-state index in [1.807, 2.05) is 24.1 Å². The number of piperidine rings is 1. The van der Waals surface area contributed by atoms with Gasteiger partial charge in [0.1, 0.15) is 0 Å². The Morgan fingerprint density at radius 1 is 1.35 bits per heavy atom. The highest BCUT2D eigenvalue weighted by atomic mass is 79.9. The van der Waals surface area contributed by atoms with Crippen LogP contribution in [0.15, 0.2) is 28.7 Å². The van der Waals surface area contributed by atoms with Crippen molar-refractivity contribution >= 4 is 21.8 Å². The molecule has 1 fully saturated rings. The first-order chi connectivity index (χ1) is 9.65. The predicted molar refractivity (Wildman–Crippen MR) is 85.7 cm³/mol. The van der Waals surface area contributed by atoms with Crippen LogP contribution in [0, 0.1) is 0 Å². The molecule has 0 spiro atoms.